The van der Waals surface area contributed by atoms with Crippen LogP contribution in [0.3, 0.4) is 0 Å². The predicted octanol–water partition coefficient (Wildman–Crippen LogP) is 2.62. The molecule has 9 heteroatoms. The van der Waals surface area contributed by atoms with Gasteiger partial charge in [0.05, 0.1) is 25.7 Å². The lowest BCUT2D eigenvalue weighted by Gasteiger charge is -2.29. The highest BCUT2D eigenvalue weighted by molar-refractivity contribution is 6.31. The molecule has 8 nitrogen and oxygen atoms in total. The topological polar surface area (TPSA) is 82.2 Å². The number of carbonyl (C=O) groups excluding carboxylic acids is 3. The number of likely N-dealkylation sites (tertiary alicyclic amines) is 1. The Hall–Kier alpha value is -3.10. The summed E-state index contributed by atoms with van der Waals surface area (Å²) in [6.45, 7) is 3.71. The molecular formula is C25H29ClN4O4. The van der Waals surface area contributed by atoms with Crippen molar-refractivity contribution in [3.05, 3.63) is 59.1 Å². The molecule has 2 aromatic carbocycles. The Morgan fingerprint density at radius 2 is 1.82 bits per heavy atom. The SMILES string of the molecule is CN(CC(=O)Nc1ccc(N2CCOCC2)cc1)C(=O)[C@@H]1CC(=O)N(Cc2ccccc2Cl)C1. The second-order valence-electron chi connectivity index (χ2n) is 8.66. The van der Waals surface area contributed by atoms with Crippen LogP contribution in [0.2, 0.25) is 5.02 Å². The molecule has 0 radical (unpaired) electrons. The maximum Gasteiger partial charge on any atom is 0.243 e. The summed E-state index contributed by atoms with van der Waals surface area (Å²) in [6, 6.07) is 15.0. The highest BCUT2D eigenvalue weighted by Gasteiger charge is 2.36. The number of rotatable bonds is 7. The van der Waals surface area contributed by atoms with Gasteiger partial charge < -0.3 is 24.8 Å². The van der Waals surface area contributed by atoms with Gasteiger partial charge in [0.15, 0.2) is 0 Å². The molecule has 2 aliphatic rings. The van der Waals surface area contributed by atoms with Crippen molar-refractivity contribution in [2.45, 2.75) is 13.0 Å². The standard InChI is InChI=1S/C25H29ClN4O4/c1-28(17-23(31)27-20-6-8-21(9-7-20)29-10-12-34-13-11-29)25(33)19-14-24(32)30(16-19)15-18-4-2-3-5-22(18)26/h2-9,19H,10-17H2,1H3,(H,27,31)/t19-/m1/s1. The normalized spacial score (nSPS) is 18.2. The van der Waals surface area contributed by atoms with Gasteiger partial charge in [0.25, 0.3) is 0 Å². The number of nitrogens with one attached hydrogen (secondary N) is 1. The first-order valence-electron chi connectivity index (χ1n) is 11.4. The van der Waals surface area contributed by atoms with Crippen molar-refractivity contribution in [1.29, 1.82) is 0 Å². The summed E-state index contributed by atoms with van der Waals surface area (Å²) in [6.07, 6.45) is 0.137. The van der Waals surface area contributed by atoms with Crippen LogP contribution in [0, 0.1) is 5.92 Å². The highest BCUT2D eigenvalue weighted by atomic mass is 35.5. The molecule has 2 aromatic rings. The average molecular weight is 485 g/mol. The van der Waals surface area contributed by atoms with Gasteiger partial charge in [0, 0.05) is 56.0 Å². The highest BCUT2D eigenvalue weighted by Crippen LogP contribution is 2.25. The maximum atomic E-state index is 12.9. The first kappa shape index (κ1) is 24.0. The lowest BCUT2D eigenvalue weighted by atomic mass is 10.1. The third-order valence-corrected chi connectivity index (χ3v) is 6.54. The minimum absolute atomic E-state index is 0.0841. The van der Waals surface area contributed by atoms with Gasteiger partial charge in [-0.1, -0.05) is 29.8 Å². The molecule has 0 spiro atoms. The van der Waals surface area contributed by atoms with E-state index in [0.717, 1.165) is 24.3 Å². The first-order chi connectivity index (χ1) is 16.4. The molecule has 34 heavy (non-hydrogen) atoms. The molecule has 2 saturated heterocycles. The van der Waals surface area contributed by atoms with Crippen molar-refractivity contribution in [3.8, 4) is 0 Å². The van der Waals surface area contributed by atoms with Crippen LogP contribution in [-0.2, 0) is 25.7 Å². The van der Waals surface area contributed by atoms with Crippen LogP contribution in [0.25, 0.3) is 0 Å². The molecule has 2 heterocycles. The van der Waals surface area contributed by atoms with E-state index in [0.29, 0.717) is 37.0 Å². The molecule has 0 aliphatic carbocycles. The molecule has 2 fully saturated rings. The fourth-order valence-electron chi connectivity index (χ4n) is 4.31. The zero-order valence-corrected chi connectivity index (χ0v) is 20.0. The van der Waals surface area contributed by atoms with Gasteiger partial charge in [-0.2, -0.15) is 0 Å². The van der Waals surface area contributed by atoms with E-state index in [2.05, 4.69) is 10.2 Å². The molecule has 2 aliphatic heterocycles. The number of morpholine rings is 1. The van der Waals surface area contributed by atoms with Crippen LogP contribution in [0.4, 0.5) is 11.4 Å². The van der Waals surface area contributed by atoms with Crippen molar-refractivity contribution in [2.24, 2.45) is 5.92 Å². The van der Waals surface area contributed by atoms with Crippen LogP contribution in [0.1, 0.15) is 12.0 Å². The summed E-state index contributed by atoms with van der Waals surface area (Å²) in [7, 11) is 1.59. The van der Waals surface area contributed by atoms with Crippen molar-refractivity contribution in [1.82, 2.24) is 9.80 Å². The Kier molecular flexibility index (Phi) is 7.70. The lowest BCUT2D eigenvalue weighted by molar-refractivity contribution is -0.137. The van der Waals surface area contributed by atoms with E-state index in [1.54, 1.807) is 18.0 Å². The fraction of sp³-hybridized carbons (Fsp3) is 0.400. The number of carbonyl (C=O) groups is 3. The van der Waals surface area contributed by atoms with Gasteiger partial charge in [-0.3, -0.25) is 14.4 Å². The van der Waals surface area contributed by atoms with Crippen molar-refractivity contribution in [2.75, 3.05) is 56.7 Å². The third kappa shape index (κ3) is 5.87. The molecule has 3 amide bonds. The monoisotopic (exact) mass is 484 g/mol. The molecule has 1 N–H and O–H groups in total. The van der Waals surface area contributed by atoms with E-state index in [1.807, 2.05) is 42.5 Å². The first-order valence-corrected chi connectivity index (χ1v) is 11.8. The smallest absolute Gasteiger partial charge is 0.243 e. The molecule has 180 valence electrons. The average Bonchev–Trinajstić information content (AvgIpc) is 3.21. The van der Waals surface area contributed by atoms with Crippen molar-refractivity contribution < 1.29 is 19.1 Å². The molecule has 1 atom stereocenters. The van der Waals surface area contributed by atoms with Crippen molar-refractivity contribution >= 4 is 40.7 Å². The van der Waals surface area contributed by atoms with Gasteiger partial charge in [-0.25, -0.2) is 0 Å². The second-order valence-corrected chi connectivity index (χ2v) is 9.06. The quantitative estimate of drug-likeness (QED) is 0.653. The summed E-state index contributed by atoms with van der Waals surface area (Å²) in [5.41, 5.74) is 2.60. The molecule has 0 bridgehead atoms. The molecule has 4 rings (SSSR count). The van der Waals surface area contributed by atoms with Crippen LogP contribution in [0.15, 0.2) is 48.5 Å². The molecule has 0 saturated carbocycles. The van der Waals surface area contributed by atoms with Gasteiger partial charge >= 0.3 is 0 Å². The number of hydrogen-bond acceptors (Lipinski definition) is 5. The second kappa shape index (κ2) is 10.9. The van der Waals surface area contributed by atoms with Gasteiger partial charge in [-0.05, 0) is 35.9 Å². The van der Waals surface area contributed by atoms with Crippen LogP contribution >= 0.6 is 11.6 Å². The number of amides is 3. The molecule has 0 aromatic heterocycles. The minimum Gasteiger partial charge on any atom is -0.378 e. The Balaban J connectivity index is 1.27. The number of hydrogen-bond donors (Lipinski definition) is 1. The zero-order valence-electron chi connectivity index (χ0n) is 19.2. The molecule has 0 unspecified atom stereocenters. The minimum atomic E-state index is -0.472. The van der Waals surface area contributed by atoms with Gasteiger partial charge in [0.1, 0.15) is 0 Å². The number of ether oxygens (including phenoxy) is 1. The number of benzene rings is 2. The number of nitrogens with zero attached hydrogens (tertiary/aromatic N) is 3. The van der Waals surface area contributed by atoms with Crippen molar-refractivity contribution in [3.63, 3.8) is 0 Å². The largest absolute Gasteiger partial charge is 0.378 e. The Morgan fingerprint density at radius 1 is 1.12 bits per heavy atom. The maximum absolute atomic E-state index is 12.9. The van der Waals surface area contributed by atoms with Gasteiger partial charge in [-0.15, -0.1) is 0 Å². The van der Waals surface area contributed by atoms with Crippen LogP contribution in [-0.4, -0.2) is 74.0 Å². The summed E-state index contributed by atoms with van der Waals surface area (Å²) in [4.78, 5) is 43.1. The zero-order chi connectivity index (χ0) is 24.1. The summed E-state index contributed by atoms with van der Waals surface area (Å²) < 4.78 is 5.38. The van der Waals surface area contributed by atoms with E-state index in [1.165, 1.54) is 4.90 Å². The van der Waals surface area contributed by atoms with E-state index in [-0.39, 0.29) is 30.7 Å². The van der Waals surface area contributed by atoms with E-state index in [4.69, 9.17) is 16.3 Å². The summed E-state index contributed by atoms with van der Waals surface area (Å²) in [5.74, 6) is -1.06. The number of halogens is 1. The van der Waals surface area contributed by atoms with Gasteiger partial charge in [0.2, 0.25) is 17.7 Å². The van der Waals surface area contributed by atoms with Crippen LogP contribution in [0.5, 0.6) is 0 Å². The summed E-state index contributed by atoms with van der Waals surface area (Å²) >= 11 is 6.21. The fourth-order valence-corrected chi connectivity index (χ4v) is 4.50. The predicted molar refractivity (Wildman–Crippen MR) is 131 cm³/mol. The number of likely N-dealkylation sites (N-methyl/N-ethyl adjacent to an activating group) is 1. The summed E-state index contributed by atoms with van der Waals surface area (Å²) in [5, 5.41) is 3.43. The lowest BCUT2D eigenvalue weighted by Crippen LogP contribution is -2.39. The van der Waals surface area contributed by atoms with E-state index in [9.17, 15) is 14.4 Å². The Labute approximate surface area is 204 Å². The Bertz CT molecular complexity index is 1040. The molecular weight excluding hydrogens is 456 g/mol. The number of anilines is 2. The van der Waals surface area contributed by atoms with E-state index < -0.39 is 5.92 Å². The third-order valence-electron chi connectivity index (χ3n) is 6.17. The van der Waals surface area contributed by atoms with Crippen LogP contribution < -0.4 is 10.2 Å². The Morgan fingerprint density at radius 3 is 2.53 bits per heavy atom. The van der Waals surface area contributed by atoms with E-state index >= 15 is 0 Å².